The molecule has 1 aliphatic heterocycles. The van der Waals surface area contributed by atoms with Crippen LogP contribution in [0.4, 0.5) is 0 Å². The predicted molar refractivity (Wildman–Crippen MR) is 83.2 cm³/mol. The minimum atomic E-state index is 0.321. The van der Waals surface area contributed by atoms with Crippen LogP contribution in [0.15, 0.2) is 0 Å². The van der Waals surface area contributed by atoms with Crippen LogP contribution < -0.4 is 5.73 Å². The second-order valence-corrected chi connectivity index (χ2v) is 7.81. The Hall–Kier alpha value is -0.0800. The van der Waals surface area contributed by atoms with E-state index in [1.165, 1.54) is 64.5 Å². The van der Waals surface area contributed by atoms with Crippen molar-refractivity contribution in [1.29, 1.82) is 0 Å². The Labute approximate surface area is 120 Å². The zero-order valence-corrected chi connectivity index (χ0v) is 13.4. The smallest absolute Gasteiger partial charge is 0.0332 e. The fourth-order valence-corrected chi connectivity index (χ4v) is 4.20. The molecule has 0 aromatic rings. The summed E-state index contributed by atoms with van der Waals surface area (Å²) < 4.78 is 0. The zero-order valence-electron chi connectivity index (χ0n) is 13.4. The van der Waals surface area contributed by atoms with E-state index < -0.39 is 0 Å². The maximum atomic E-state index is 6.27. The van der Waals surface area contributed by atoms with Gasteiger partial charge in [0.05, 0.1) is 0 Å². The number of piperidine rings is 1. The molecule has 2 rings (SSSR count). The first-order valence-corrected chi connectivity index (χ1v) is 8.46. The topological polar surface area (TPSA) is 29.3 Å². The van der Waals surface area contributed by atoms with Gasteiger partial charge in [0.2, 0.25) is 0 Å². The van der Waals surface area contributed by atoms with Gasteiger partial charge in [-0.1, -0.05) is 33.6 Å². The third kappa shape index (κ3) is 3.52. The van der Waals surface area contributed by atoms with Gasteiger partial charge in [0.25, 0.3) is 0 Å². The lowest BCUT2D eigenvalue weighted by molar-refractivity contribution is 0.0330. The van der Waals surface area contributed by atoms with E-state index in [2.05, 4.69) is 25.7 Å². The molecule has 19 heavy (non-hydrogen) atoms. The molecule has 2 fully saturated rings. The van der Waals surface area contributed by atoms with Gasteiger partial charge in [0, 0.05) is 18.6 Å². The highest BCUT2D eigenvalue weighted by atomic mass is 15.2. The maximum absolute atomic E-state index is 6.27. The van der Waals surface area contributed by atoms with Crippen LogP contribution in [0, 0.1) is 11.3 Å². The van der Waals surface area contributed by atoms with E-state index >= 15 is 0 Å². The van der Waals surface area contributed by atoms with Crippen LogP contribution in [0.2, 0.25) is 0 Å². The maximum Gasteiger partial charge on any atom is 0.0332 e. The second-order valence-electron chi connectivity index (χ2n) is 7.81. The number of likely N-dealkylation sites (tertiary alicyclic amines) is 1. The predicted octanol–water partition coefficient (Wildman–Crippen LogP) is 3.80. The Kier molecular flexibility index (Phi) is 4.94. The highest BCUT2D eigenvalue weighted by Gasteiger charge is 2.40. The lowest BCUT2D eigenvalue weighted by Gasteiger charge is -2.47. The summed E-state index contributed by atoms with van der Waals surface area (Å²) >= 11 is 0. The average Bonchev–Trinajstić information content (AvgIpc) is 2.58. The monoisotopic (exact) mass is 266 g/mol. The number of hydrogen-bond donors (Lipinski definition) is 1. The first-order valence-electron chi connectivity index (χ1n) is 8.46. The largest absolute Gasteiger partial charge is 0.329 e. The minimum absolute atomic E-state index is 0.321. The molecule has 112 valence electrons. The molecule has 0 aromatic carbocycles. The Morgan fingerprint density at radius 2 is 1.89 bits per heavy atom. The number of hydrogen-bond acceptors (Lipinski definition) is 2. The Balaban J connectivity index is 2.08. The van der Waals surface area contributed by atoms with Crippen LogP contribution in [0.1, 0.15) is 72.1 Å². The molecule has 0 radical (unpaired) electrons. The Morgan fingerprint density at radius 1 is 1.11 bits per heavy atom. The van der Waals surface area contributed by atoms with Gasteiger partial charge < -0.3 is 5.73 Å². The summed E-state index contributed by atoms with van der Waals surface area (Å²) in [6, 6.07) is 0. The van der Waals surface area contributed by atoms with Gasteiger partial charge in [-0.05, 0) is 56.4 Å². The van der Waals surface area contributed by atoms with E-state index in [-0.39, 0.29) is 0 Å². The summed E-state index contributed by atoms with van der Waals surface area (Å²) in [5.74, 6) is 0.911. The van der Waals surface area contributed by atoms with Crippen molar-refractivity contribution in [2.75, 3.05) is 19.6 Å². The van der Waals surface area contributed by atoms with E-state index in [9.17, 15) is 0 Å². The fourth-order valence-electron chi connectivity index (χ4n) is 4.20. The third-order valence-corrected chi connectivity index (χ3v) is 5.91. The summed E-state index contributed by atoms with van der Waals surface area (Å²) in [7, 11) is 0. The molecule has 0 bridgehead atoms. The van der Waals surface area contributed by atoms with Gasteiger partial charge >= 0.3 is 0 Å². The van der Waals surface area contributed by atoms with Gasteiger partial charge in [0.15, 0.2) is 0 Å². The summed E-state index contributed by atoms with van der Waals surface area (Å²) in [5.41, 5.74) is 7.12. The van der Waals surface area contributed by atoms with Crippen molar-refractivity contribution in [2.45, 2.75) is 77.7 Å². The second kappa shape index (κ2) is 6.13. The normalized spacial score (nSPS) is 36.9. The van der Waals surface area contributed by atoms with Crippen LogP contribution >= 0.6 is 0 Å². The van der Waals surface area contributed by atoms with Crippen molar-refractivity contribution in [3.05, 3.63) is 0 Å². The molecule has 1 saturated heterocycles. The van der Waals surface area contributed by atoms with E-state index in [1.54, 1.807) is 0 Å². The quantitative estimate of drug-likeness (QED) is 0.787. The van der Waals surface area contributed by atoms with Crippen LogP contribution in [0.25, 0.3) is 0 Å². The Morgan fingerprint density at radius 3 is 2.58 bits per heavy atom. The summed E-state index contributed by atoms with van der Waals surface area (Å²) in [6.07, 6.45) is 10.9. The van der Waals surface area contributed by atoms with Crippen LogP contribution in [-0.4, -0.2) is 30.1 Å². The Bertz CT molecular complexity index is 287. The molecule has 2 aliphatic rings. The molecule has 0 aromatic heterocycles. The lowest BCUT2D eigenvalue weighted by atomic mass is 9.81. The van der Waals surface area contributed by atoms with Gasteiger partial charge in [-0.3, -0.25) is 4.90 Å². The first-order chi connectivity index (χ1) is 9.01. The van der Waals surface area contributed by atoms with Gasteiger partial charge in [-0.15, -0.1) is 0 Å². The molecule has 2 N–H and O–H groups in total. The van der Waals surface area contributed by atoms with Crippen molar-refractivity contribution in [1.82, 2.24) is 4.90 Å². The van der Waals surface area contributed by atoms with Crippen molar-refractivity contribution >= 4 is 0 Å². The number of rotatable bonds is 3. The SMILES string of the molecule is CCC1CCCN(C2(CN)CCCC(C)(C)CC2)C1. The minimum Gasteiger partial charge on any atom is -0.329 e. The summed E-state index contributed by atoms with van der Waals surface area (Å²) in [5, 5.41) is 0. The fraction of sp³-hybridized carbons (Fsp3) is 1.00. The van der Waals surface area contributed by atoms with Crippen molar-refractivity contribution in [3.8, 4) is 0 Å². The molecule has 2 atom stereocenters. The lowest BCUT2D eigenvalue weighted by Crippen LogP contribution is -2.56. The van der Waals surface area contributed by atoms with Gasteiger partial charge in [0.1, 0.15) is 0 Å². The van der Waals surface area contributed by atoms with Crippen molar-refractivity contribution < 1.29 is 0 Å². The van der Waals surface area contributed by atoms with Crippen molar-refractivity contribution in [3.63, 3.8) is 0 Å². The van der Waals surface area contributed by atoms with Crippen molar-refractivity contribution in [2.24, 2.45) is 17.1 Å². The third-order valence-electron chi connectivity index (χ3n) is 5.91. The first kappa shape index (κ1) is 15.3. The number of nitrogens with zero attached hydrogens (tertiary/aromatic N) is 1. The van der Waals surface area contributed by atoms with Crippen LogP contribution in [0.3, 0.4) is 0 Å². The molecule has 2 nitrogen and oxygen atoms in total. The van der Waals surface area contributed by atoms with E-state index in [0.717, 1.165) is 12.5 Å². The zero-order chi connectivity index (χ0) is 13.9. The van der Waals surface area contributed by atoms with E-state index in [0.29, 0.717) is 11.0 Å². The molecule has 1 saturated carbocycles. The molecule has 0 amide bonds. The van der Waals surface area contributed by atoms with Gasteiger partial charge in [-0.2, -0.15) is 0 Å². The van der Waals surface area contributed by atoms with E-state index in [1.807, 2.05) is 0 Å². The summed E-state index contributed by atoms with van der Waals surface area (Å²) in [6.45, 7) is 10.7. The highest BCUT2D eigenvalue weighted by Crippen LogP contribution is 2.41. The molecular formula is C17H34N2. The molecule has 2 unspecified atom stereocenters. The molecule has 1 aliphatic carbocycles. The average molecular weight is 266 g/mol. The molecule has 0 spiro atoms. The molecule has 1 heterocycles. The standard InChI is InChI=1S/C17H34N2/c1-4-15-7-5-12-19(13-15)17(14-18)9-6-8-16(2,3)10-11-17/h15H,4-14,18H2,1-3H3. The van der Waals surface area contributed by atoms with E-state index in [4.69, 9.17) is 5.73 Å². The molecule has 2 heteroatoms. The highest BCUT2D eigenvalue weighted by molar-refractivity contribution is 4.97. The number of nitrogens with two attached hydrogens (primary N) is 1. The molecular weight excluding hydrogens is 232 g/mol. The summed E-state index contributed by atoms with van der Waals surface area (Å²) in [4.78, 5) is 2.78. The van der Waals surface area contributed by atoms with Gasteiger partial charge in [-0.25, -0.2) is 0 Å². The van der Waals surface area contributed by atoms with Crippen LogP contribution in [0.5, 0.6) is 0 Å². The van der Waals surface area contributed by atoms with Crippen LogP contribution in [-0.2, 0) is 0 Å².